The first-order valence-corrected chi connectivity index (χ1v) is 7.42. The number of nitrogens with one attached hydrogen (secondary N) is 1. The average Bonchev–Trinajstić information content (AvgIpc) is 2.45. The minimum absolute atomic E-state index is 0.0926. The normalized spacial score (nSPS) is 14.9. The Hall–Kier alpha value is -2.02. The van der Waals surface area contributed by atoms with Crippen LogP contribution in [-0.2, 0) is 9.59 Å². The Morgan fingerprint density at radius 1 is 1.48 bits per heavy atom. The molecule has 1 aliphatic heterocycles. The summed E-state index contributed by atoms with van der Waals surface area (Å²) in [5.41, 5.74) is 1.05. The molecule has 7 heteroatoms. The van der Waals surface area contributed by atoms with Gasteiger partial charge in [0.2, 0.25) is 5.91 Å². The molecule has 1 aromatic rings. The average molecular weight is 308 g/mol. The zero-order valence-corrected chi connectivity index (χ0v) is 12.6. The number of hydrogen-bond acceptors (Lipinski definition) is 4. The highest BCUT2D eigenvalue weighted by molar-refractivity contribution is 8.00. The van der Waals surface area contributed by atoms with E-state index in [0.29, 0.717) is 17.0 Å². The molecule has 0 unspecified atom stereocenters. The minimum atomic E-state index is -0.941. The number of fused-ring (bicyclic) bond motifs is 1. The standard InChI is InChI=1S/C14H16N2O4S/c1-8(14(19)20)6-16(2)13(18)9-3-4-11-10(5-9)15-12(17)7-21-11/h3-5,8H,6-7H2,1-2H3,(H,15,17)(H,19,20)/t8-/m1/s1. The largest absolute Gasteiger partial charge is 0.481 e. The first-order valence-electron chi connectivity index (χ1n) is 6.43. The van der Waals surface area contributed by atoms with Crippen molar-refractivity contribution < 1.29 is 19.5 Å². The molecule has 1 heterocycles. The van der Waals surface area contributed by atoms with Gasteiger partial charge in [-0.15, -0.1) is 11.8 Å². The molecule has 0 saturated heterocycles. The molecular formula is C14H16N2O4S. The van der Waals surface area contributed by atoms with Crippen molar-refractivity contribution in [2.24, 2.45) is 5.92 Å². The van der Waals surface area contributed by atoms with Crippen LogP contribution in [0.15, 0.2) is 23.1 Å². The number of carboxylic acid groups (broad SMARTS) is 1. The summed E-state index contributed by atoms with van der Waals surface area (Å²) in [6.45, 7) is 1.68. The molecule has 2 amide bonds. The number of amides is 2. The van der Waals surface area contributed by atoms with Gasteiger partial charge in [0.1, 0.15) is 0 Å². The number of aliphatic carboxylic acids is 1. The Balaban J connectivity index is 2.14. The molecule has 1 aromatic carbocycles. The molecule has 0 fully saturated rings. The van der Waals surface area contributed by atoms with E-state index in [1.54, 1.807) is 32.2 Å². The number of rotatable bonds is 4. The lowest BCUT2D eigenvalue weighted by Crippen LogP contribution is -2.33. The van der Waals surface area contributed by atoms with Crippen LogP contribution in [0, 0.1) is 5.92 Å². The van der Waals surface area contributed by atoms with Crippen LogP contribution < -0.4 is 5.32 Å². The van der Waals surface area contributed by atoms with Crippen molar-refractivity contribution in [1.29, 1.82) is 0 Å². The lowest BCUT2D eigenvalue weighted by Gasteiger charge is -2.21. The number of anilines is 1. The summed E-state index contributed by atoms with van der Waals surface area (Å²) in [6.07, 6.45) is 0. The van der Waals surface area contributed by atoms with Crippen molar-refractivity contribution in [3.05, 3.63) is 23.8 Å². The third-order valence-corrected chi connectivity index (χ3v) is 4.25. The Morgan fingerprint density at radius 3 is 2.86 bits per heavy atom. The summed E-state index contributed by atoms with van der Waals surface area (Å²) in [5, 5.41) is 11.6. The highest BCUT2D eigenvalue weighted by Gasteiger charge is 2.21. The van der Waals surface area contributed by atoms with E-state index in [4.69, 9.17) is 5.11 Å². The fourth-order valence-electron chi connectivity index (χ4n) is 2.01. The highest BCUT2D eigenvalue weighted by Crippen LogP contribution is 2.32. The van der Waals surface area contributed by atoms with Crippen LogP contribution in [0.4, 0.5) is 5.69 Å². The van der Waals surface area contributed by atoms with Crippen molar-refractivity contribution in [3.8, 4) is 0 Å². The number of nitrogens with zero attached hydrogens (tertiary/aromatic N) is 1. The van der Waals surface area contributed by atoms with Gasteiger partial charge in [0.15, 0.2) is 0 Å². The summed E-state index contributed by atoms with van der Waals surface area (Å²) in [5.74, 6) is -1.56. The van der Waals surface area contributed by atoms with Gasteiger partial charge in [0.05, 0.1) is 17.4 Å². The van der Waals surface area contributed by atoms with E-state index in [2.05, 4.69) is 5.32 Å². The molecular weight excluding hydrogens is 292 g/mol. The lowest BCUT2D eigenvalue weighted by atomic mass is 10.1. The zero-order valence-electron chi connectivity index (χ0n) is 11.8. The fourth-order valence-corrected chi connectivity index (χ4v) is 2.80. The molecule has 2 N–H and O–H groups in total. The Kier molecular flexibility index (Phi) is 4.52. The van der Waals surface area contributed by atoms with Gasteiger partial charge in [-0.1, -0.05) is 6.92 Å². The summed E-state index contributed by atoms with van der Waals surface area (Å²) >= 11 is 1.43. The first kappa shape index (κ1) is 15.4. The third-order valence-electron chi connectivity index (χ3n) is 3.18. The van der Waals surface area contributed by atoms with Crippen molar-refractivity contribution in [2.45, 2.75) is 11.8 Å². The number of hydrogen-bond donors (Lipinski definition) is 2. The number of carbonyl (C=O) groups is 3. The van der Waals surface area contributed by atoms with Crippen LogP contribution in [0.5, 0.6) is 0 Å². The molecule has 0 saturated carbocycles. The van der Waals surface area contributed by atoms with Crippen LogP contribution >= 0.6 is 11.8 Å². The van der Waals surface area contributed by atoms with E-state index in [9.17, 15) is 14.4 Å². The van der Waals surface area contributed by atoms with E-state index in [1.807, 2.05) is 0 Å². The molecule has 1 atom stereocenters. The monoisotopic (exact) mass is 308 g/mol. The molecule has 0 aliphatic carbocycles. The number of carboxylic acids is 1. The Bertz CT molecular complexity index is 603. The van der Waals surface area contributed by atoms with Crippen LogP contribution in [0.2, 0.25) is 0 Å². The molecule has 0 bridgehead atoms. The van der Waals surface area contributed by atoms with E-state index in [1.165, 1.54) is 16.7 Å². The quantitative estimate of drug-likeness (QED) is 0.880. The minimum Gasteiger partial charge on any atom is -0.481 e. The fraction of sp³-hybridized carbons (Fsp3) is 0.357. The van der Waals surface area contributed by atoms with E-state index < -0.39 is 11.9 Å². The van der Waals surface area contributed by atoms with Gasteiger partial charge < -0.3 is 15.3 Å². The van der Waals surface area contributed by atoms with Crippen LogP contribution in [0.25, 0.3) is 0 Å². The van der Waals surface area contributed by atoms with Crippen LogP contribution in [-0.4, -0.2) is 47.1 Å². The van der Waals surface area contributed by atoms with Gasteiger partial charge in [-0.25, -0.2) is 0 Å². The number of thioether (sulfide) groups is 1. The van der Waals surface area contributed by atoms with E-state index >= 15 is 0 Å². The second kappa shape index (κ2) is 6.17. The van der Waals surface area contributed by atoms with Gasteiger partial charge in [-0.2, -0.15) is 0 Å². The van der Waals surface area contributed by atoms with Gasteiger partial charge in [0.25, 0.3) is 5.91 Å². The molecule has 0 aromatic heterocycles. The van der Waals surface area contributed by atoms with Gasteiger partial charge in [-0.3, -0.25) is 14.4 Å². The maximum Gasteiger partial charge on any atom is 0.308 e. The SMILES string of the molecule is C[C@H](CN(C)C(=O)c1ccc2c(c1)NC(=O)CS2)C(=O)O. The number of benzene rings is 1. The second-order valence-electron chi connectivity index (χ2n) is 4.97. The molecule has 6 nitrogen and oxygen atoms in total. The van der Waals surface area contributed by atoms with Gasteiger partial charge in [-0.05, 0) is 18.2 Å². The van der Waals surface area contributed by atoms with Crippen LogP contribution in [0.1, 0.15) is 17.3 Å². The summed E-state index contributed by atoms with van der Waals surface area (Å²) < 4.78 is 0. The van der Waals surface area contributed by atoms with Crippen molar-refractivity contribution >= 4 is 35.2 Å². The highest BCUT2D eigenvalue weighted by atomic mass is 32.2. The predicted molar refractivity (Wildman–Crippen MR) is 79.6 cm³/mol. The van der Waals surface area contributed by atoms with Crippen LogP contribution in [0.3, 0.4) is 0 Å². The molecule has 1 aliphatic rings. The molecule has 0 radical (unpaired) electrons. The topological polar surface area (TPSA) is 86.7 Å². The van der Waals surface area contributed by atoms with Gasteiger partial charge in [0, 0.05) is 24.1 Å². The maximum absolute atomic E-state index is 12.3. The molecule has 21 heavy (non-hydrogen) atoms. The Morgan fingerprint density at radius 2 is 2.19 bits per heavy atom. The molecule has 112 valence electrons. The van der Waals surface area contributed by atoms with E-state index in [0.717, 1.165) is 4.90 Å². The number of carbonyl (C=O) groups excluding carboxylic acids is 2. The zero-order chi connectivity index (χ0) is 15.6. The lowest BCUT2D eigenvalue weighted by molar-refractivity contribution is -0.141. The molecule has 0 spiro atoms. The summed E-state index contributed by atoms with van der Waals surface area (Å²) in [7, 11) is 1.56. The molecule has 2 rings (SSSR count). The van der Waals surface area contributed by atoms with Gasteiger partial charge >= 0.3 is 5.97 Å². The maximum atomic E-state index is 12.3. The predicted octanol–water partition coefficient (Wildman–Crippen LogP) is 1.52. The summed E-state index contributed by atoms with van der Waals surface area (Å²) in [6, 6.07) is 5.11. The first-order chi connectivity index (χ1) is 9.88. The summed E-state index contributed by atoms with van der Waals surface area (Å²) in [4.78, 5) is 36.8. The van der Waals surface area contributed by atoms with Crippen molar-refractivity contribution in [2.75, 3.05) is 24.7 Å². The van der Waals surface area contributed by atoms with Crippen molar-refractivity contribution in [3.63, 3.8) is 0 Å². The second-order valence-corrected chi connectivity index (χ2v) is 5.99. The van der Waals surface area contributed by atoms with Crippen molar-refractivity contribution in [1.82, 2.24) is 4.90 Å². The Labute approximate surface area is 126 Å². The van der Waals surface area contributed by atoms with E-state index in [-0.39, 0.29) is 18.4 Å². The third kappa shape index (κ3) is 3.55. The smallest absolute Gasteiger partial charge is 0.308 e.